The SMILES string of the molecule is [CH]1CNCCC12CC2. The molecule has 2 rings (SSSR count). The van der Waals surface area contributed by atoms with Gasteiger partial charge in [0, 0.05) is 0 Å². The van der Waals surface area contributed by atoms with E-state index in [9.17, 15) is 0 Å². The van der Waals surface area contributed by atoms with E-state index in [0.29, 0.717) is 0 Å². The van der Waals surface area contributed by atoms with E-state index < -0.39 is 0 Å². The van der Waals surface area contributed by atoms with Crippen LogP contribution in [0.1, 0.15) is 19.3 Å². The molecule has 1 heterocycles. The summed E-state index contributed by atoms with van der Waals surface area (Å²) in [6, 6.07) is 0. The van der Waals surface area contributed by atoms with E-state index >= 15 is 0 Å². The van der Waals surface area contributed by atoms with Crippen LogP contribution in [0.5, 0.6) is 0 Å². The first kappa shape index (κ1) is 4.80. The maximum atomic E-state index is 3.32. The van der Waals surface area contributed by atoms with Gasteiger partial charge in [0.15, 0.2) is 0 Å². The molecule has 1 spiro atoms. The van der Waals surface area contributed by atoms with Crippen LogP contribution in [0, 0.1) is 11.8 Å². The molecule has 1 saturated carbocycles. The van der Waals surface area contributed by atoms with Crippen LogP contribution in [0.2, 0.25) is 0 Å². The van der Waals surface area contributed by atoms with Crippen LogP contribution in [-0.2, 0) is 0 Å². The van der Waals surface area contributed by atoms with Gasteiger partial charge in [0.1, 0.15) is 0 Å². The van der Waals surface area contributed by atoms with Crippen molar-refractivity contribution in [3.05, 3.63) is 6.42 Å². The van der Waals surface area contributed by atoms with Gasteiger partial charge in [0.25, 0.3) is 0 Å². The molecule has 0 aromatic rings. The second kappa shape index (κ2) is 1.47. The lowest BCUT2D eigenvalue weighted by atomic mass is 9.95. The van der Waals surface area contributed by atoms with E-state index in [2.05, 4.69) is 11.7 Å². The topological polar surface area (TPSA) is 12.0 Å². The highest BCUT2D eigenvalue weighted by Gasteiger charge is 2.42. The Labute approximate surface area is 50.5 Å². The summed E-state index contributed by atoms with van der Waals surface area (Å²) in [5.74, 6) is 0. The average Bonchev–Trinajstić information content (AvgIpc) is 2.52. The van der Waals surface area contributed by atoms with Crippen molar-refractivity contribution in [2.45, 2.75) is 19.3 Å². The first-order chi connectivity index (χ1) is 3.91. The number of hydrogen-bond acceptors (Lipinski definition) is 1. The fourth-order valence-electron chi connectivity index (χ4n) is 1.44. The van der Waals surface area contributed by atoms with Crippen molar-refractivity contribution in [2.75, 3.05) is 13.1 Å². The fraction of sp³-hybridized carbons (Fsp3) is 0.857. The summed E-state index contributed by atoms with van der Waals surface area (Å²) in [7, 11) is 0. The maximum absolute atomic E-state index is 3.32. The Morgan fingerprint density at radius 1 is 1.25 bits per heavy atom. The first-order valence-corrected chi connectivity index (χ1v) is 3.46. The van der Waals surface area contributed by atoms with E-state index in [1.54, 1.807) is 0 Å². The molecule has 1 N–H and O–H groups in total. The van der Waals surface area contributed by atoms with Gasteiger partial charge in [-0.3, -0.25) is 0 Å². The summed E-state index contributed by atoms with van der Waals surface area (Å²) in [5.41, 5.74) is 0.741. The lowest BCUT2D eigenvalue weighted by Gasteiger charge is -2.20. The maximum Gasteiger partial charge on any atom is -0.00119 e. The second-order valence-electron chi connectivity index (χ2n) is 3.02. The Bertz CT molecular complexity index is 86.6. The molecule has 0 aromatic carbocycles. The van der Waals surface area contributed by atoms with Gasteiger partial charge < -0.3 is 5.32 Å². The van der Waals surface area contributed by atoms with Crippen molar-refractivity contribution >= 4 is 0 Å². The quantitative estimate of drug-likeness (QED) is 0.490. The van der Waals surface area contributed by atoms with E-state index in [1.807, 2.05) is 0 Å². The summed E-state index contributed by atoms with van der Waals surface area (Å²) >= 11 is 0. The first-order valence-electron chi connectivity index (χ1n) is 3.46. The molecule has 1 radical (unpaired) electrons. The number of hydrogen-bond donors (Lipinski definition) is 1. The summed E-state index contributed by atoms with van der Waals surface area (Å²) in [6.45, 7) is 2.40. The van der Waals surface area contributed by atoms with Crippen molar-refractivity contribution < 1.29 is 0 Å². The van der Waals surface area contributed by atoms with E-state index in [1.165, 1.54) is 25.8 Å². The van der Waals surface area contributed by atoms with E-state index in [0.717, 1.165) is 12.0 Å². The Morgan fingerprint density at radius 2 is 2.12 bits per heavy atom. The summed E-state index contributed by atoms with van der Waals surface area (Å²) in [6.07, 6.45) is 6.78. The highest BCUT2D eigenvalue weighted by molar-refractivity contribution is 5.06. The molecule has 2 aliphatic rings. The van der Waals surface area contributed by atoms with Crippen LogP contribution < -0.4 is 5.32 Å². The minimum Gasteiger partial charge on any atom is -0.316 e. The lowest BCUT2D eigenvalue weighted by Crippen LogP contribution is -2.29. The van der Waals surface area contributed by atoms with E-state index in [-0.39, 0.29) is 0 Å². The highest BCUT2D eigenvalue weighted by Crippen LogP contribution is 2.51. The Hall–Kier alpha value is -0.0400. The van der Waals surface area contributed by atoms with Crippen molar-refractivity contribution in [1.29, 1.82) is 0 Å². The Morgan fingerprint density at radius 3 is 2.50 bits per heavy atom. The van der Waals surface area contributed by atoms with Gasteiger partial charge in [-0.15, -0.1) is 0 Å². The molecule has 0 unspecified atom stereocenters. The van der Waals surface area contributed by atoms with Gasteiger partial charge in [0.2, 0.25) is 0 Å². The second-order valence-corrected chi connectivity index (χ2v) is 3.02. The van der Waals surface area contributed by atoms with Gasteiger partial charge in [-0.1, -0.05) is 0 Å². The van der Waals surface area contributed by atoms with Gasteiger partial charge in [-0.2, -0.15) is 0 Å². The minimum atomic E-state index is 0.741. The van der Waals surface area contributed by atoms with Gasteiger partial charge in [-0.05, 0) is 44.2 Å². The zero-order chi connectivity index (χ0) is 5.45. The zero-order valence-corrected chi connectivity index (χ0v) is 5.11. The van der Waals surface area contributed by atoms with Crippen LogP contribution in [0.4, 0.5) is 0 Å². The van der Waals surface area contributed by atoms with Crippen LogP contribution in [0.25, 0.3) is 0 Å². The third-order valence-electron chi connectivity index (χ3n) is 2.37. The van der Waals surface area contributed by atoms with Crippen molar-refractivity contribution in [2.24, 2.45) is 5.41 Å². The van der Waals surface area contributed by atoms with E-state index in [4.69, 9.17) is 0 Å². The molecule has 8 heavy (non-hydrogen) atoms. The molecule has 0 aromatic heterocycles. The van der Waals surface area contributed by atoms with Crippen LogP contribution in [-0.4, -0.2) is 13.1 Å². The molecular formula is C7H12N. The van der Waals surface area contributed by atoms with Crippen molar-refractivity contribution in [3.8, 4) is 0 Å². The number of piperidine rings is 1. The van der Waals surface area contributed by atoms with Gasteiger partial charge in [-0.25, -0.2) is 0 Å². The Balaban J connectivity index is 1.95. The smallest absolute Gasteiger partial charge is 0.00119 e. The highest BCUT2D eigenvalue weighted by atomic mass is 14.9. The van der Waals surface area contributed by atoms with Crippen molar-refractivity contribution in [1.82, 2.24) is 5.32 Å². The molecule has 1 saturated heterocycles. The third-order valence-corrected chi connectivity index (χ3v) is 2.37. The molecule has 1 heteroatoms. The largest absolute Gasteiger partial charge is 0.316 e. The van der Waals surface area contributed by atoms with Crippen molar-refractivity contribution in [3.63, 3.8) is 0 Å². The molecule has 2 fully saturated rings. The predicted octanol–water partition coefficient (Wildman–Crippen LogP) is 0.964. The lowest BCUT2D eigenvalue weighted by molar-refractivity contribution is 0.444. The number of rotatable bonds is 0. The summed E-state index contributed by atoms with van der Waals surface area (Å²) in [5, 5.41) is 3.32. The molecular weight excluding hydrogens is 98.1 g/mol. The van der Waals surface area contributed by atoms with Gasteiger partial charge >= 0.3 is 0 Å². The number of nitrogens with one attached hydrogen (secondary N) is 1. The Kier molecular flexibility index (Phi) is 0.884. The summed E-state index contributed by atoms with van der Waals surface area (Å²) < 4.78 is 0. The molecule has 1 nitrogen and oxygen atoms in total. The zero-order valence-electron chi connectivity index (χ0n) is 5.11. The molecule has 0 amide bonds. The predicted molar refractivity (Wildman–Crippen MR) is 33.5 cm³/mol. The average molecular weight is 110 g/mol. The monoisotopic (exact) mass is 110 g/mol. The van der Waals surface area contributed by atoms with Gasteiger partial charge in [0.05, 0.1) is 0 Å². The van der Waals surface area contributed by atoms with Crippen LogP contribution in [0.3, 0.4) is 0 Å². The molecule has 0 atom stereocenters. The molecule has 1 aliphatic carbocycles. The molecule has 1 aliphatic heterocycles. The molecule has 45 valence electrons. The normalized spacial score (nSPS) is 33.0. The minimum absolute atomic E-state index is 0.741. The van der Waals surface area contributed by atoms with Crippen LogP contribution >= 0.6 is 0 Å². The fourth-order valence-corrected chi connectivity index (χ4v) is 1.44. The standard InChI is InChI=1S/C7H12N/c1-2-7(1)3-5-8-6-4-7/h3,8H,1-2,4-6H2. The molecule has 0 bridgehead atoms. The van der Waals surface area contributed by atoms with Crippen LogP contribution in [0.15, 0.2) is 0 Å². The third kappa shape index (κ3) is 0.655. The summed E-state index contributed by atoms with van der Waals surface area (Å²) in [4.78, 5) is 0.